The first-order valence-electron chi connectivity index (χ1n) is 12.6. The fraction of sp³-hybridized carbons (Fsp3) is 0.692. The number of likely N-dealkylation sites (tertiary alicyclic amines) is 1. The van der Waals surface area contributed by atoms with Gasteiger partial charge in [-0.15, -0.1) is 0 Å². The number of hydrogen-bond donors (Lipinski definition) is 1. The SMILES string of the molecule is COC(=O)/C=C/C(=O)OCCN1CCCC(C)CC1.O=C/C=C/C(=O)OCCNC1CCCCC1. The van der Waals surface area contributed by atoms with E-state index >= 15 is 0 Å². The number of hydrogen-bond acceptors (Lipinski definition) is 9. The summed E-state index contributed by atoms with van der Waals surface area (Å²) in [4.78, 5) is 45.3. The first-order valence-corrected chi connectivity index (χ1v) is 12.6. The van der Waals surface area contributed by atoms with Gasteiger partial charge in [0.05, 0.1) is 7.11 Å². The summed E-state index contributed by atoms with van der Waals surface area (Å²) >= 11 is 0. The van der Waals surface area contributed by atoms with Crippen LogP contribution in [0.15, 0.2) is 24.3 Å². The Hall–Kier alpha value is -2.52. The molecule has 0 radical (unpaired) electrons. The van der Waals surface area contributed by atoms with Crippen LogP contribution >= 0.6 is 0 Å². The normalized spacial score (nSPS) is 19.4. The Morgan fingerprint density at radius 2 is 1.54 bits per heavy atom. The van der Waals surface area contributed by atoms with Crippen LogP contribution in [-0.4, -0.2) is 81.6 Å². The van der Waals surface area contributed by atoms with Crippen LogP contribution in [0.4, 0.5) is 0 Å². The van der Waals surface area contributed by atoms with Gasteiger partial charge in [-0.1, -0.05) is 26.2 Å². The molecule has 1 saturated heterocycles. The fourth-order valence-electron chi connectivity index (χ4n) is 3.96. The van der Waals surface area contributed by atoms with E-state index in [1.807, 2.05) is 0 Å². The van der Waals surface area contributed by atoms with Crippen molar-refractivity contribution in [1.29, 1.82) is 0 Å². The Kier molecular flexibility index (Phi) is 17.2. The molecule has 1 aliphatic carbocycles. The number of allylic oxidation sites excluding steroid dienone is 1. The molecule has 2 rings (SSSR count). The summed E-state index contributed by atoms with van der Waals surface area (Å²) in [6.45, 7) is 6.57. The van der Waals surface area contributed by atoms with Gasteiger partial charge in [0, 0.05) is 37.4 Å². The summed E-state index contributed by atoms with van der Waals surface area (Å²) in [6.07, 6.45) is 15.0. The summed E-state index contributed by atoms with van der Waals surface area (Å²) in [5.41, 5.74) is 0. The van der Waals surface area contributed by atoms with Crippen LogP contribution < -0.4 is 5.32 Å². The summed E-state index contributed by atoms with van der Waals surface area (Å²) in [6, 6.07) is 0.581. The van der Waals surface area contributed by atoms with Gasteiger partial charge in [-0.2, -0.15) is 0 Å². The maximum absolute atomic E-state index is 11.3. The highest BCUT2D eigenvalue weighted by atomic mass is 16.5. The Morgan fingerprint density at radius 3 is 2.26 bits per heavy atom. The number of carbonyl (C=O) groups excluding carboxylic acids is 4. The molecular weight excluding hydrogens is 452 g/mol. The maximum Gasteiger partial charge on any atom is 0.331 e. The van der Waals surface area contributed by atoms with Gasteiger partial charge in [0.1, 0.15) is 19.5 Å². The Bertz CT molecular complexity index is 687. The Morgan fingerprint density at radius 1 is 0.857 bits per heavy atom. The number of aldehydes is 1. The summed E-state index contributed by atoms with van der Waals surface area (Å²) in [7, 11) is 1.26. The van der Waals surface area contributed by atoms with Crippen molar-refractivity contribution in [2.75, 3.05) is 46.5 Å². The molecule has 1 aliphatic heterocycles. The van der Waals surface area contributed by atoms with E-state index in [1.54, 1.807) is 0 Å². The van der Waals surface area contributed by atoms with Gasteiger partial charge in [0.25, 0.3) is 0 Å². The first-order chi connectivity index (χ1) is 16.9. The standard InChI is InChI=1S/C14H23NO4.C12H19NO3/c1-12-4-3-8-15(9-7-12)10-11-19-14(17)6-5-13(16)18-2;14-9-4-7-12(15)16-10-8-13-11-5-2-1-3-6-11/h5-6,12H,3-4,7-11H2,1-2H3;4,7,9,11,13H,1-3,5-6,8,10H2/b6-5+;7-4+. The molecule has 35 heavy (non-hydrogen) atoms. The zero-order chi connectivity index (χ0) is 25.7. The van der Waals surface area contributed by atoms with E-state index in [0.29, 0.717) is 32.1 Å². The van der Waals surface area contributed by atoms with Gasteiger partial charge in [0.15, 0.2) is 0 Å². The number of methoxy groups -OCH3 is 1. The van der Waals surface area contributed by atoms with Crippen LogP contribution in [0.25, 0.3) is 0 Å². The molecule has 0 aromatic carbocycles. The predicted octanol–water partition coefficient (Wildman–Crippen LogP) is 2.59. The molecule has 198 valence electrons. The molecule has 1 atom stereocenters. The lowest BCUT2D eigenvalue weighted by atomic mass is 9.96. The van der Waals surface area contributed by atoms with Crippen molar-refractivity contribution in [3.63, 3.8) is 0 Å². The van der Waals surface area contributed by atoms with Crippen molar-refractivity contribution in [1.82, 2.24) is 10.2 Å². The van der Waals surface area contributed by atoms with Gasteiger partial charge in [-0.25, -0.2) is 14.4 Å². The van der Waals surface area contributed by atoms with Crippen molar-refractivity contribution < 1.29 is 33.4 Å². The molecule has 0 amide bonds. The minimum absolute atomic E-state index is 0.360. The molecule has 1 unspecified atom stereocenters. The molecule has 0 aromatic heterocycles. The largest absolute Gasteiger partial charge is 0.466 e. The Labute approximate surface area is 209 Å². The third-order valence-electron chi connectivity index (χ3n) is 6.01. The third-order valence-corrected chi connectivity index (χ3v) is 6.01. The van der Waals surface area contributed by atoms with Crippen LogP contribution in [0, 0.1) is 5.92 Å². The molecule has 2 aliphatic rings. The minimum Gasteiger partial charge on any atom is -0.466 e. The van der Waals surface area contributed by atoms with Crippen molar-refractivity contribution >= 4 is 24.2 Å². The lowest BCUT2D eigenvalue weighted by Gasteiger charge is -2.22. The molecule has 0 spiro atoms. The van der Waals surface area contributed by atoms with Crippen molar-refractivity contribution in [3.05, 3.63) is 24.3 Å². The van der Waals surface area contributed by atoms with Gasteiger partial charge >= 0.3 is 17.9 Å². The molecule has 0 aromatic rings. The minimum atomic E-state index is -0.557. The number of nitrogens with one attached hydrogen (secondary N) is 1. The monoisotopic (exact) mass is 494 g/mol. The third kappa shape index (κ3) is 16.7. The molecule has 9 heteroatoms. The van der Waals surface area contributed by atoms with E-state index in [9.17, 15) is 19.2 Å². The van der Waals surface area contributed by atoms with Crippen LogP contribution in [0.1, 0.15) is 58.3 Å². The van der Waals surface area contributed by atoms with E-state index in [2.05, 4.69) is 21.9 Å². The fourth-order valence-corrected chi connectivity index (χ4v) is 3.96. The number of nitrogens with zero attached hydrogens (tertiary/aromatic N) is 1. The zero-order valence-electron chi connectivity index (χ0n) is 21.2. The van der Waals surface area contributed by atoms with Crippen molar-refractivity contribution in [3.8, 4) is 0 Å². The molecular formula is C26H42N2O7. The summed E-state index contributed by atoms with van der Waals surface area (Å²) in [5, 5.41) is 3.36. The highest BCUT2D eigenvalue weighted by molar-refractivity contribution is 5.91. The van der Waals surface area contributed by atoms with Gasteiger partial charge in [0.2, 0.25) is 0 Å². The number of rotatable bonds is 11. The molecule has 2 fully saturated rings. The van der Waals surface area contributed by atoms with Crippen LogP contribution in [0.2, 0.25) is 0 Å². The molecule has 1 saturated carbocycles. The van der Waals surface area contributed by atoms with Gasteiger partial charge < -0.3 is 19.5 Å². The summed E-state index contributed by atoms with van der Waals surface area (Å²) in [5.74, 6) is -0.736. The quantitative estimate of drug-likeness (QED) is 0.152. The van der Waals surface area contributed by atoms with Gasteiger partial charge in [-0.3, -0.25) is 9.69 Å². The number of esters is 3. The second-order valence-corrected chi connectivity index (χ2v) is 8.85. The van der Waals surface area contributed by atoms with Crippen LogP contribution in [0.3, 0.4) is 0 Å². The lowest BCUT2D eigenvalue weighted by Crippen LogP contribution is -2.33. The van der Waals surface area contributed by atoms with Crippen LogP contribution in [0.5, 0.6) is 0 Å². The molecule has 1 heterocycles. The average molecular weight is 495 g/mol. The lowest BCUT2D eigenvalue weighted by molar-refractivity contribution is -0.139. The van der Waals surface area contributed by atoms with E-state index in [1.165, 1.54) is 58.5 Å². The van der Waals surface area contributed by atoms with E-state index < -0.39 is 17.9 Å². The molecule has 9 nitrogen and oxygen atoms in total. The number of ether oxygens (including phenoxy) is 3. The maximum atomic E-state index is 11.3. The van der Waals surface area contributed by atoms with Gasteiger partial charge in [-0.05, 0) is 57.2 Å². The van der Waals surface area contributed by atoms with Crippen molar-refractivity contribution in [2.45, 2.75) is 64.3 Å². The van der Waals surface area contributed by atoms with Crippen molar-refractivity contribution in [2.24, 2.45) is 5.92 Å². The molecule has 0 bridgehead atoms. The van der Waals surface area contributed by atoms with E-state index in [0.717, 1.165) is 49.9 Å². The van der Waals surface area contributed by atoms with E-state index in [4.69, 9.17) is 9.47 Å². The first kappa shape index (κ1) is 30.5. The smallest absolute Gasteiger partial charge is 0.331 e. The molecule has 1 N–H and O–H groups in total. The zero-order valence-corrected chi connectivity index (χ0v) is 21.2. The highest BCUT2D eigenvalue weighted by Crippen LogP contribution is 2.17. The topological polar surface area (TPSA) is 111 Å². The second kappa shape index (κ2) is 19.8. The summed E-state index contributed by atoms with van der Waals surface area (Å²) < 4.78 is 14.3. The Balaban J connectivity index is 0.000000355. The highest BCUT2D eigenvalue weighted by Gasteiger charge is 2.14. The average Bonchev–Trinajstić information content (AvgIpc) is 3.08. The predicted molar refractivity (Wildman–Crippen MR) is 133 cm³/mol. The number of carbonyl (C=O) groups is 4. The van der Waals surface area contributed by atoms with E-state index in [-0.39, 0.29) is 0 Å². The second-order valence-electron chi connectivity index (χ2n) is 8.85. The van der Waals surface area contributed by atoms with Crippen LogP contribution in [-0.2, 0) is 33.4 Å².